The minimum atomic E-state index is -0.950. The lowest BCUT2D eigenvalue weighted by atomic mass is 10.0. The molecule has 2 N–H and O–H groups in total. The van der Waals surface area contributed by atoms with E-state index in [9.17, 15) is 14.7 Å². The molecule has 1 amide bonds. The average Bonchev–Trinajstić information content (AvgIpc) is 3.34. The van der Waals surface area contributed by atoms with Crippen LogP contribution < -0.4 is 10.1 Å². The summed E-state index contributed by atoms with van der Waals surface area (Å²) >= 11 is 0. The Labute approximate surface area is 221 Å². The fourth-order valence-corrected chi connectivity index (χ4v) is 4.81. The van der Waals surface area contributed by atoms with Crippen LogP contribution in [0.5, 0.6) is 5.75 Å². The molecule has 2 aromatic heterocycles. The van der Waals surface area contributed by atoms with Crippen LogP contribution >= 0.6 is 0 Å². The summed E-state index contributed by atoms with van der Waals surface area (Å²) in [7, 11) is 3.37. The zero-order valence-electron chi connectivity index (χ0n) is 21.6. The minimum absolute atomic E-state index is 0.143. The van der Waals surface area contributed by atoms with Crippen LogP contribution in [-0.4, -0.2) is 63.9 Å². The second-order valence-electron chi connectivity index (χ2n) is 9.67. The number of aromatic nitrogens is 3. The van der Waals surface area contributed by atoms with Crippen LogP contribution in [0, 0.1) is 0 Å². The van der Waals surface area contributed by atoms with Crippen molar-refractivity contribution in [2.24, 2.45) is 0 Å². The maximum Gasteiger partial charge on any atom is 0.305 e. The molecule has 5 rings (SSSR count). The number of ether oxygens (including phenoxy) is 1. The lowest BCUT2D eigenvalue weighted by Gasteiger charge is -2.19. The molecule has 1 aliphatic rings. The summed E-state index contributed by atoms with van der Waals surface area (Å²) in [5.74, 6) is -0.380. The molecule has 0 saturated heterocycles. The Hall–Kier alpha value is -4.40. The van der Waals surface area contributed by atoms with E-state index in [2.05, 4.69) is 16.5 Å². The summed E-state index contributed by atoms with van der Waals surface area (Å²) in [5.41, 5.74) is 5.25. The number of aliphatic carboxylic acids is 1. The largest absolute Gasteiger partial charge is 0.493 e. The van der Waals surface area contributed by atoms with Gasteiger partial charge in [0.05, 0.1) is 42.2 Å². The van der Waals surface area contributed by atoms with E-state index in [0.717, 1.165) is 47.4 Å². The zero-order chi connectivity index (χ0) is 26.6. The topological polar surface area (TPSA) is 110 Å². The Morgan fingerprint density at radius 2 is 2.03 bits per heavy atom. The van der Waals surface area contributed by atoms with Gasteiger partial charge in [0.1, 0.15) is 5.75 Å². The first-order valence-electron chi connectivity index (χ1n) is 12.7. The van der Waals surface area contributed by atoms with Gasteiger partial charge in [0.25, 0.3) is 5.91 Å². The number of carboxylic acids is 1. The first-order valence-corrected chi connectivity index (χ1v) is 12.7. The van der Waals surface area contributed by atoms with E-state index in [0.29, 0.717) is 29.9 Å². The summed E-state index contributed by atoms with van der Waals surface area (Å²) in [6.45, 7) is 1.49. The van der Waals surface area contributed by atoms with Gasteiger partial charge in [0.2, 0.25) is 0 Å². The van der Waals surface area contributed by atoms with Gasteiger partial charge in [-0.25, -0.2) is 0 Å². The van der Waals surface area contributed by atoms with Crippen molar-refractivity contribution >= 4 is 28.5 Å². The molecule has 0 spiro atoms. The highest BCUT2D eigenvalue weighted by Gasteiger charge is 2.22. The molecule has 0 saturated carbocycles. The predicted molar refractivity (Wildman–Crippen MR) is 145 cm³/mol. The average molecular weight is 514 g/mol. The molecular formula is C29H31N5O4. The predicted octanol–water partition coefficient (Wildman–Crippen LogP) is 4.18. The summed E-state index contributed by atoms with van der Waals surface area (Å²) in [6.07, 6.45) is 4.34. The van der Waals surface area contributed by atoms with Gasteiger partial charge in [-0.3, -0.25) is 19.3 Å². The van der Waals surface area contributed by atoms with Gasteiger partial charge in [-0.1, -0.05) is 12.1 Å². The number of nitrogens with zero attached hydrogens (tertiary/aromatic N) is 4. The number of carboxylic acid groups (broad SMARTS) is 1. The highest BCUT2D eigenvalue weighted by molar-refractivity contribution is 5.94. The van der Waals surface area contributed by atoms with Crippen molar-refractivity contribution in [2.45, 2.75) is 31.7 Å². The Kier molecular flexibility index (Phi) is 7.26. The Morgan fingerprint density at radius 3 is 2.84 bits per heavy atom. The first kappa shape index (κ1) is 25.3. The number of amides is 1. The van der Waals surface area contributed by atoms with Crippen LogP contribution in [0.25, 0.3) is 10.9 Å². The van der Waals surface area contributed by atoms with Gasteiger partial charge < -0.3 is 20.1 Å². The molecule has 0 bridgehead atoms. The fraction of sp³-hybridized carbons (Fsp3) is 0.310. The number of hydrogen-bond acceptors (Lipinski definition) is 6. The van der Waals surface area contributed by atoms with Gasteiger partial charge >= 0.3 is 5.97 Å². The number of benzene rings is 2. The van der Waals surface area contributed by atoms with Crippen molar-refractivity contribution in [3.05, 3.63) is 83.3 Å². The monoisotopic (exact) mass is 513 g/mol. The molecule has 9 nitrogen and oxygen atoms in total. The highest BCUT2D eigenvalue weighted by Crippen LogP contribution is 2.29. The fourth-order valence-electron chi connectivity index (χ4n) is 4.81. The third kappa shape index (κ3) is 5.46. The third-order valence-corrected chi connectivity index (χ3v) is 6.72. The summed E-state index contributed by atoms with van der Waals surface area (Å²) in [6, 6.07) is 16.3. The van der Waals surface area contributed by atoms with Gasteiger partial charge in [-0.15, -0.1) is 0 Å². The van der Waals surface area contributed by atoms with Crippen molar-refractivity contribution in [3.63, 3.8) is 0 Å². The second kappa shape index (κ2) is 10.9. The van der Waals surface area contributed by atoms with E-state index < -0.39 is 12.0 Å². The van der Waals surface area contributed by atoms with Crippen LogP contribution in [0.15, 0.2) is 60.8 Å². The molecular weight excluding hydrogens is 482 g/mol. The van der Waals surface area contributed by atoms with Crippen LogP contribution in [0.2, 0.25) is 0 Å². The number of anilines is 1. The van der Waals surface area contributed by atoms with Crippen molar-refractivity contribution in [2.75, 3.05) is 32.6 Å². The molecule has 1 aliphatic heterocycles. The molecule has 0 unspecified atom stereocenters. The van der Waals surface area contributed by atoms with Crippen LogP contribution in [0.3, 0.4) is 0 Å². The van der Waals surface area contributed by atoms with Crippen LogP contribution in [-0.2, 0) is 17.6 Å². The number of carbonyl (C=O) groups is 2. The van der Waals surface area contributed by atoms with Gasteiger partial charge in [0, 0.05) is 43.7 Å². The molecule has 196 valence electrons. The van der Waals surface area contributed by atoms with E-state index in [1.165, 1.54) is 4.90 Å². The van der Waals surface area contributed by atoms with E-state index >= 15 is 0 Å². The summed E-state index contributed by atoms with van der Waals surface area (Å²) in [4.78, 5) is 30.5. The van der Waals surface area contributed by atoms with E-state index in [1.807, 2.05) is 30.3 Å². The minimum Gasteiger partial charge on any atom is -0.493 e. The Balaban J connectivity index is 1.33. The van der Waals surface area contributed by atoms with Crippen molar-refractivity contribution < 1.29 is 19.4 Å². The number of hydrogen-bond donors (Lipinski definition) is 2. The number of carbonyl (C=O) groups excluding carboxylic acids is 1. The smallest absolute Gasteiger partial charge is 0.305 e. The molecule has 2 aromatic carbocycles. The quantitative estimate of drug-likeness (QED) is 0.346. The zero-order valence-corrected chi connectivity index (χ0v) is 21.6. The molecule has 3 heterocycles. The first-order chi connectivity index (χ1) is 18.4. The number of nitrogens with one attached hydrogen (secondary N) is 1. The van der Waals surface area contributed by atoms with Gasteiger partial charge in [-0.05, 0) is 60.9 Å². The van der Waals surface area contributed by atoms with Gasteiger partial charge in [0.15, 0.2) is 0 Å². The summed E-state index contributed by atoms with van der Waals surface area (Å²) < 4.78 is 7.72. The standard InChI is InChI=1S/C29H31N5O4/c1-33(2)29(37)20-6-3-5-19(15-20)27(17-28(35)36)34-26-11-9-23(16-21(26)18-31-34)38-14-12-22-8-10-24-25(32-22)7-4-13-30-24/h3,5-6,8-11,15-16,18,27,30H,4,7,12-14,17H2,1-2H3,(H,35,36)/t27-/m1/s1. The maximum atomic E-state index is 12.5. The Bertz CT molecular complexity index is 1480. The van der Waals surface area contributed by atoms with Crippen molar-refractivity contribution in [1.82, 2.24) is 19.7 Å². The number of fused-ring (bicyclic) bond motifs is 2. The maximum absolute atomic E-state index is 12.5. The number of aryl methyl sites for hydroxylation is 1. The molecule has 38 heavy (non-hydrogen) atoms. The number of rotatable bonds is 9. The SMILES string of the molecule is CN(C)C(=O)c1cccc([C@@H](CC(=O)O)n2ncc3cc(OCCc4ccc5c(n4)CCCN5)ccc32)c1. The van der Waals surface area contributed by atoms with Crippen LogP contribution in [0.1, 0.15) is 46.2 Å². The van der Waals surface area contributed by atoms with Crippen LogP contribution in [0.4, 0.5) is 5.69 Å². The molecule has 0 fully saturated rings. The Morgan fingerprint density at radius 1 is 1.16 bits per heavy atom. The third-order valence-electron chi connectivity index (χ3n) is 6.72. The normalized spacial score (nSPS) is 13.4. The van der Waals surface area contributed by atoms with E-state index in [4.69, 9.17) is 9.72 Å². The molecule has 0 aliphatic carbocycles. The lowest BCUT2D eigenvalue weighted by molar-refractivity contribution is -0.137. The van der Waals surface area contributed by atoms with E-state index in [1.54, 1.807) is 43.2 Å². The van der Waals surface area contributed by atoms with Crippen molar-refractivity contribution in [3.8, 4) is 5.75 Å². The van der Waals surface area contributed by atoms with Gasteiger partial charge in [-0.2, -0.15) is 5.10 Å². The molecule has 9 heteroatoms. The second-order valence-corrected chi connectivity index (χ2v) is 9.67. The summed E-state index contributed by atoms with van der Waals surface area (Å²) in [5, 5.41) is 18.4. The molecule has 4 aromatic rings. The van der Waals surface area contributed by atoms with E-state index in [-0.39, 0.29) is 12.3 Å². The highest BCUT2D eigenvalue weighted by atomic mass is 16.5. The lowest BCUT2D eigenvalue weighted by Crippen LogP contribution is -2.22. The molecule has 0 radical (unpaired) electrons. The molecule has 1 atom stereocenters. The number of pyridine rings is 1. The van der Waals surface area contributed by atoms with Crippen molar-refractivity contribution in [1.29, 1.82) is 0 Å².